The Hall–Kier alpha value is -3.53. The molecule has 1 fully saturated rings. The lowest BCUT2D eigenvalue weighted by Gasteiger charge is -2.34. The molecule has 6 N–H and O–H groups in total. The molecule has 1 aromatic carbocycles. The van der Waals surface area contributed by atoms with Crippen LogP contribution in [0.1, 0.15) is 37.3 Å². The van der Waals surface area contributed by atoms with Gasteiger partial charge in [0.05, 0.1) is 45.6 Å². The van der Waals surface area contributed by atoms with E-state index in [2.05, 4.69) is 64.9 Å². The highest BCUT2D eigenvalue weighted by Gasteiger charge is 2.18. The molecule has 14 nitrogen and oxygen atoms in total. The van der Waals surface area contributed by atoms with Gasteiger partial charge in [0.2, 0.25) is 11.9 Å². The van der Waals surface area contributed by atoms with Gasteiger partial charge in [-0.1, -0.05) is 31.9 Å². The maximum absolute atomic E-state index is 11.2. The Morgan fingerprint density at radius 1 is 0.957 bits per heavy atom. The van der Waals surface area contributed by atoms with Crippen LogP contribution in [0.4, 0.5) is 11.8 Å². The first-order chi connectivity index (χ1) is 22.5. The summed E-state index contributed by atoms with van der Waals surface area (Å²) in [5, 5.41) is 6.12. The van der Waals surface area contributed by atoms with E-state index in [9.17, 15) is 4.79 Å². The van der Waals surface area contributed by atoms with Crippen LogP contribution in [0.5, 0.6) is 5.75 Å². The van der Waals surface area contributed by atoms with Crippen molar-refractivity contribution in [2.75, 3.05) is 97.0 Å². The van der Waals surface area contributed by atoms with E-state index in [0.29, 0.717) is 39.5 Å². The van der Waals surface area contributed by atoms with Crippen LogP contribution in [0.25, 0.3) is 11.0 Å². The van der Waals surface area contributed by atoms with E-state index in [1.165, 1.54) is 12.0 Å². The molecule has 0 spiro atoms. The van der Waals surface area contributed by atoms with Crippen molar-refractivity contribution in [3.63, 3.8) is 0 Å². The van der Waals surface area contributed by atoms with E-state index in [1.807, 2.05) is 12.3 Å². The lowest BCUT2D eigenvalue weighted by atomic mass is 10.1. The molecular formula is C32H51N9O5. The number of nitrogens with two attached hydrogens (primary N) is 2. The number of nitrogens with one attached hydrogen (secondary N) is 2. The highest BCUT2D eigenvalue weighted by molar-refractivity contribution is 5.87. The van der Waals surface area contributed by atoms with Gasteiger partial charge in [-0.2, -0.15) is 4.98 Å². The number of fused-ring (bicyclic) bond motifs is 1. The number of rotatable bonds is 21. The van der Waals surface area contributed by atoms with Crippen LogP contribution in [-0.4, -0.2) is 116 Å². The largest absolute Gasteiger partial charge is 0.496 e. The molecule has 0 radical (unpaired) electrons. The monoisotopic (exact) mass is 641 g/mol. The molecule has 14 heteroatoms. The van der Waals surface area contributed by atoms with Gasteiger partial charge in [-0.25, -0.2) is 10.9 Å². The summed E-state index contributed by atoms with van der Waals surface area (Å²) in [5.41, 5.74) is 10.1. The quantitative estimate of drug-likeness (QED) is 0.0986. The summed E-state index contributed by atoms with van der Waals surface area (Å²) in [6.45, 7) is 11.8. The molecule has 1 aliphatic heterocycles. The molecule has 3 heterocycles. The van der Waals surface area contributed by atoms with Crippen LogP contribution in [0.2, 0.25) is 0 Å². The molecule has 1 aliphatic rings. The van der Waals surface area contributed by atoms with Crippen molar-refractivity contribution in [3.05, 3.63) is 41.6 Å². The van der Waals surface area contributed by atoms with Crippen LogP contribution in [0, 0.1) is 0 Å². The van der Waals surface area contributed by atoms with Crippen LogP contribution in [-0.2, 0) is 32.2 Å². The summed E-state index contributed by atoms with van der Waals surface area (Å²) in [7, 11) is 1.73. The molecule has 0 aliphatic carbocycles. The van der Waals surface area contributed by atoms with Gasteiger partial charge >= 0.3 is 0 Å². The fourth-order valence-corrected chi connectivity index (χ4v) is 5.50. The van der Waals surface area contributed by atoms with Gasteiger partial charge in [0.1, 0.15) is 17.9 Å². The molecular weight excluding hydrogens is 590 g/mol. The van der Waals surface area contributed by atoms with Crippen molar-refractivity contribution in [2.45, 2.75) is 39.3 Å². The van der Waals surface area contributed by atoms with Crippen LogP contribution < -0.4 is 27.0 Å². The molecule has 2 aromatic heterocycles. The van der Waals surface area contributed by atoms with Crippen molar-refractivity contribution in [1.82, 2.24) is 29.7 Å². The van der Waals surface area contributed by atoms with E-state index in [4.69, 9.17) is 25.8 Å². The van der Waals surface area contributed by atoms with E-state index in [1.54, 1.807) is 7.11 Å². The van der Waals surface area contributed by atoms with Gasteiger partial charge < -0.3 is 35.1 Å². The highest BCUT2D eigenvalue weighted by atomic mass is 16.6. The first kappa shape index (κ1) is 35.3. The summed E-state index contributed by atoms with van der Waals surface area (Å²) >= 11 is 0. The second-order valence-corrected chi connectivity index (χ2v) is 11.4. The normalized spacial score (nSPS) is 14.2. The Balaban J connectivity index is 1.19. The van der Waals surface area contributed by atoms with Crippen molar-refractivity contribution >= 4 is 28.7 Å². The van der Waals surface area contributed by atoms with Gasteiger partial charge in [-0.3, -0.25) is 19.4 Å². The molecule has 1 saturated heterocycles. The third-order valence-electron chi connectivity index (χ3n) is 7.97. The zero-order valence-electron chi connectivity index (χ0n) is 27.3. The molecule has 0 atom stereocenters. The fourth-order valence-electron chi connectivity index (χ4n) is 5.50. The number of benzene rings is 1. The topological polar surface area (TPSA) is 167 Å². The van der Waals surface area contributed by atoms with Crippen molar-refractivity contribution in [2.24, 2.45) is 5.90 Å². The number of unbranched alkanes of at least 4 members (excludes halogenated alkanes) is 2. The number of aromatic nitrogens is 3. The predicted octanol–water partition coefficient (Wildman–Crippen LogP) is 1.83. The van der Waals surface area contributed by atoms with Gasteiger partial charge in [-0.15, -0.1) is 0 Å². The minimum absolute atomic E-state index is 0.154. The maximum atomic E-state index is 11.2. The summed E-state index contributed by atoms with van der Waals surface area (Å²) in [4.78, 5) is 29.4. The SMILES string of the molecule is CCCCCNc1nc(N)nc2ccn(Cc3ccc(CN4CCN(CCOCCOCCNC(=O)CON)CC4)cc3OC)c12. The fraction of sp³-hybridized carbons (Fsp3) is 0.594. The highest BCUT2D eigenvalue weighted by Crippen LogP contribution is 2.27. The summed E-state index contributed by atoms with van der Waals surface area (Å²) in [6.07, 6.45) is 5.45. The average molecular weight is 642 g/mol. The molecule has 0 saturated carbocycles. The number of methoxy groups -OCH3 is 1. The lowest BCUT2D eigenvalue weighted by Crippen LogP contribution is -2.46. The van der Waals surface area contributed by atoms with Crippen LogP contribution >= 0.6 is 0 Å². The first-order valence-corrected chi connectivity index (χ1v) is 16.2. The smallest absolute Gasteiger partial charge is 0.248 e. The molecule has 254 valence electrons. The molecule has 46 heavy (non-hydrogen) atoms. The van der Waals surface area contributed by atoms with Gasteiger partial charge in [-0.05, 0) is 24.1 Å². The number of nitrogen functional groups attached to an aromatic ring is 1. The number of hydrogen-bond acceptors (Lipinski definition) is 12. The predicted molar refractivity (Wildman–Crippen MR) is 179 cm³/mol. The van der Waals surface area contributed by atoms with Crippen LogP contribution in [0.3, 0.4) is 0 Å². The van der Waals surface area contributed by atoms with Crippen molar-refractivity contribution in [3.8, 4) is 5.75 Å². The van der Waals surface area contributed by atoms with E-state index in [-0.39, 0.29) is 18.5 Å². The Morgan fingerprint density at radius 2 is 1.74 bits per heavy atom. The van der Waals surface area contributed by atoms with Gasteiger partial charge in [0.15, 0.2) is 5.82 Å². The third kappa shape index (κ3) is 11.1. The molecule has 4 rings (SSSR count). The minimum Gasteiger partial charge on any atom is -0.496 e. The van der Waals surface area contributed by atoms with E-state index >= 15 is 0 Å². The van der Waals surface area contributed by atoms with Gasteiger partial charge in [0.25, 0.3) is 0 Å². The number of ether oxygens (including phenoxy) is 3. The van der Waals surface area contributed by atoms with Crippen molar-refractivity contribution < 1.29 is 23.8 Å². The average Bonchev–Trinajstić information content (AvgIpc) is 3.46. The Bertz CT molecular complexity index is 1350. The summed E-state index contributed by atoms with van der Waals surface area (Å²) in [6, 6.07) is 8.51. The lowest BCUT2D eigenvalue weighted by molar-refractivity contribution is -0.126. The molecule has 1 amide bonds. The standard InChI is InChI=1S/C32H51N9O5/c1-3-4-5-9-36-31-30-27(37-32(33)38-31)8-11-41(30)23-26-7-6-25(21-28(26)43-2)22-40-14-12-39(13-15-40)16-18-45-20-19-44-17-10-35-29(42)24-46-34/h6-8,11,21H,3-5,9-10,12-20,22-24,34H2,1-2H3,(H,35,42)(H3,33,36,37,38). The third-order valence-corrected chi connectivity index (χ3v) is 7.97. The Kier molecular flexibility index (Phi) is 14.7. The number of hydrogen-bond donors (Lipinski definition) is 4. The first-order valence-electron chi connectivity index (χ1n) is 16.2. The van der Waals surface area contributed by atoms with Crippen LogP contribution in [0.15, 0.2) is 30.5 Å². The van der Waals surface area contributed by atoms with Crippen molar-refractivity contribution in [1.29, 1.82) is 0 Å². The maximum Gasteiger partial charge on any atom is 0.248 e. The number of piperazine rings is 1. The van der Waals surface area contributed by atoms with E-state index in [0.717, 1.165) is 86.8 Å². The molecule has 3 aromatic rings. The summed E-state index contributed by atoms with van der Waals surface area (Å²) in [5.74, 6) is 6.51. The number of carbonyl (C=O) groups is 1. The second kappa shape index (κ2) is 19.2. The number of carbonyl (C=O) groups excluding carboxylic acids is 1. The van der Waals surface area contributed by atoms with E-state index < -0.39 is 0 Å². The second-order valence-electron chi connectivity index (χ2n) is 11.4. The number of nitrogens with zero attached hydrogens (tertiary/aromatic N) is 5. The number of anilines is 2. The zero-order valence-corrected chi connectivity index (χ0v) is 27.3. The molecule has 0 unspecified atom stereocenters. The summed E-state index contributed by atoms with van der Waals surface area (Å²) < 4.78 is 19.2. The number of amides is 1. The minimum atomic E-state index is -0.263. The molecule has 0 bridgehead atoms. The van der Waals surface area contributed by atoms with Gasteiger partial charge in [0, 0.05) is 64.1 Å². The Labute approximate surface area is 271 Å². The zero-order chi connectivity index (χ0) is 32.6. The Morgan fingerprint density at radius 3 is 2.50 bits per heavy atom.